The number of rotatable bonds is 3. The Labute approximate surface area is 138 Å². The lowest BCUT2D eigenvalue weighted by atomic mass is 9.85. The highest BCUT2D eigenvalue weighted by molar-refractivity contribution is 6.07. The molecule has 5 nitrogen and oxygen atoms in total. The molecule has 0 aliphatic carbocycles. The topological polar surface area (TPSA) is 61.4 Å². The standard InChI is InChI=1S/C18H27N3O2/c1-17(2,3)11-20-16(23)19-10-12-7-8-14-13(9-12)18(4,5)15(22)21(14)6/h7-9H,10-11H2,1-6H3,(H2,19,20,23). The van der Waals surface area contributed by atoms with Crippen LogP contribution < -0.4 is 15.5 Å². The van der Waals surface area contributed by atoms with Crippen molar-refractivity contribution in [1.82, 2.24) is 10.6 Å². The number of benzene rings is 1. The fourth-order valence-corrected chi connectivity index (χ4v) is 2.72. The SMILES string of the molecule is CN1C(=O)C(C)(C)c2cc(CNC(=O)NCC(C)(C)C)ccc21. The summed E-state index contributed by atoms with van der Waals surface area (Å²) in [7, 11) is 1.80. The van der Waals surface area contributed by atoms with Crippen LogP contribution >= 0.6 is 0 Å². The van der Waals surface area contributed by atoms with Gasteiger partial charge in [-0.2, -0.15) is 0 Å². The number of fused-ring (bicyclic) bond motifs is 1. The number of likely N-dealkylation sites (N-methyl/N-ethyl adjacent to an activating group) is 1. The molecule has 0 saturated carbocycles. The third-order valence-corrected chi connectivity index (χ3v) is 4.17. The Morgan fingerprint density at radius 1 is 1.22 bits per heavy atom. The van der Waals surface area contributed by atoms with E-state index in [2.05, 4.69) is 31.4 Å². The number of nitrogens with one attached hydrogen (secondary N) is 2. The molecule has 1 aromatic rings. The van der Waals surface area contributed by atoms with E-state index in [1.807, 2.05) is 32.0 Å². The van der Waals surface area contributed by atoms with Crippen LogP contribution in [0, 0.1) is 5.41 Å². The molecule has 2 rings (SSSR count). The third kappa shape index (κ3) is 3.66. The van der Waals surface area contributed by atoms with Crippen molar-refractivity contribution in [2.24, 2.45) is 5.41 Å². The molecule has 0 spiro atoms. The Bertz CT molecular complexity index is 630. The van der Waals surface area contributed by atoms with E-state index >= 15 is 0 Å². The molecule has 0 unspecified atom stereocenters. The fraction of sp³-hybridized carbons (Fsp3) is 0.556. The number of urea groups is 1. The van der Waals surface area contributed by atoms with Gasteiger partial charge < -0.3 is 15.5 Å². The van der Waals surface area contributed by atoms with Gasteiger partial charge >= 0.3 is 6.03 Å². The zero-order valence-electron chi connectivity index (χ0n) is 14.9. The Kier molecular flexibility index (Phi) is 4.42. The molecule has 23 heavy (non-hydrogen) atoms. The van der Waals surface area contributed by atoms with Crippen LogP contribution in [0.2, 0.25) is 0 Å². The second kappa shape index (κ2) is 5.87. The predicted octanol–water partition coefficient (Wildman–Crippen LogP) is 2.79. The lowest BCUT2D eigenvalue weighted by molar-refractivity contribution is -0.121. The second-order valence-corrected chi connectivity index (χ2v) is 7.94. The molecule has 0 fully saturated rings. The summed E-state index contributed by atoms with van der Waals surface area (Å²) in [6.07, 6.45) is 0. The summed E-state index contributed by atoms with van der Waals surface area (Å²) in [5.41, 5.74) is 2.49. The molecule has 0 atom stereocenters. The van der Waals surface area contributed by atoms with Crippen LogP contribution in [0.15, 0.2) is 18.2 Å². The molecule has 1 aliphatic heterocycles. The number of anilines is 1. The van der Waals surface area contributed by atoms with Gasteiger partial charge in [0.15, 0.2) is 0 Å². The van der Waals surface area contributed by atoms with Crippen molar-refractivity contribution >= 4 is 17.6 Å². The minimum absolute atomic E-state index is 0.0554. The van der Waals surface area contributed by atoms with Gasteiger partial charge in [0.1, 0.15) is 0 Å². The molecule has 1 aliphatic rings. The van der Waals surface area contributed by atoms with E-state index in [0.717, 1.165) is 16.8 Å². The Morgan fingerprint density at radius 3 is 2.48 bits per heavy atom. The summed E-state index contributed by atoms with van der Waals surface area (Å²) in [6, 6.07) is 5.74. The van der Waals surface area contributed by atoms with Gasteiger partial charge in [-0.05, 0) is 36.5 Å². The Balaban J connectivity index is 2.03. The first-order valence-corrected chi connectivity index (χ1v) is 7.95. The molecule has 0 saturated heterocycles. The van der Waals surface area contributed by atoms with Gasteiger partial charge in [-0.25, -0.2) is 4.79 Å². The van der Waals surface area contributed by atoms with Crippen LogP contribution in [0.25, 0.3) is 0 Å². The maximum absolute atomic E-state index is 12.3. The molecular weight excluding hydrogens is 290 g/mol. The van der Waals surface area contributed by atoms with Crippen LogP contribution in [0.4, 0.5) is 10.5 Å². The smallest absolute Gasteiger partial charge is 0.315 e. The molecular formula is C18H27N3O2. The maximum Gasteiger partial charge on any atom is 0.315 e. The van der Waals surface area contributed by atoms with Crippen molar-refractivity contribution in [2.45, 2.75) is 46.6 Å². The highest BCUT2D eigenvalue weighted by Crippen LogP contribution is 2.40. The summed E-state index contributed by atoms with van der Waals surface area (Å²) >= 11 is 0. The molecule has 0 aromatic heterocycles. The van der Waals surface area contributed by atoms with Crippen molar-refractivity contribution < 1.29 is 9.59 Å². The summed E-state index contributed by atoms with van der Waals surface area (Å²) in [4.78, 5) is 25.8. The number of nitrogens with zero attached hydrogens (tertiary/aromatic N) is 1. The summed E-state index contributed by atoms with van der Waals surface area (Å²) in [5.74, 6) is 0.0977. The average molecular weight is 317 g/mol. The van der Waals surface area contributed by atoms with Gasteiger partial charge in [0, 0.05) is 25.8 Å². The van der Waals surface area contributed by atoms with E-state index in [1.54, 1.807) is 11.9 Å². The normalized spacial score (nSPS) is 16.3. The van der Waals surface area contributed by atoms with E-state index in [-0.39, 0.29) is 17.4 Å². The van der Waals surface area contributed by atoms with Crippen molar-refractivity contribution in [3.63, 3.8) is 0 Å². The van der Waals surface area contributed by atoms with E-state index in [0.29, 0.717) is 13.1 Å². The van der Waals surface area contributed by atoms with Crippen molar-refractivity contribution in [3.05, 3.63) is 29.3 Å². The Morgan fingerprint density at radius 2 is 1.87 bits per heavy atom. The van der Waals surface area contributed by atoms with E-state index in [9.17, 15) is 9.59 Å². The van der Waals surface area contributed by atoms with Gasteiger partial charge in [0.05, 0.1) is 5.41 Å². The zero-order chi connectivity index (χ0) is 17.4. The minimum Gasteiger partial charge on any atom is -0.338 e. The number of hydrogen-bond acceptors (Lipinski definition) is 2. The molecule has 1 aromatic carbocycles. The largest absolute Gasteiger partial charge is 0.338 e. The van der Waals surface area contributed by atoms with Gasteiger partial charge in [-0.3, -0.25) is 4.79 Å². The quantitative estimate of drug-likeness (QED) is 0.900. The van der Waals surface area contributed by atoms with Gasteiger partial charge in [0.25, 0.3) is 0 Å². The summed E-state index contributed by atoms with van der Waals surface area (Å²) in [5, 5.41) is 5.73. The van der Waals surface area contributed by atoms with E-state index in [4.69, 9.17) is 0 Å². The fourth-order valence-electron chi connectivity index (χ4n) is 2.72. The molecule has 5 heteroatoms. The molecule has 0 radical (unpaired) electrons. The van der Waals surface area contributed by atoms with Crippen LogP contribution in [-0.2, 0) is 16.8 Å². The van der Waals surface area contributed by atoms with Crippen molar-refractivity contribution in [1.29, 1.82) is 0 Å². The van der Waals surface area contributed by atoms with Crippen LogP contribution in [0.5, 0.6) is 0 Å². The number of hydrogen-bond donors (Lipinski definition) is 2. The molecule has 1 heterocycles. The summed E-state index contributed by atoms with van der Waals surface area (Å²) in [6.45, 7) is 11.2. The van der Waals surface area contributed by atoms with E-state index < -0.39 is 5.41 Å². The predicted molar refractivity (Wildman–Crippen MR) is 92.6 cm³/mol. The maximum atomic E-state index is 12.3. The molecule has 3 amide bonds. The average Bonchev–Trinajstić information content (AvgIpc) is 2.63. The third-order valence-electron chi connectivity index (χ3n) is 4.17. The van der Waals surface area contributed by atoms with Crippen LogP contribution in [0.3, 0.4) is 0 Å². The van der Waals surface area contributed by atoms with E-state index in [1.165, 1.54) is 0 Å². The highest BCUT2D eigenvalue weighted by atomic mass is 16.2. The number of carbonyl (C=O) groups is 2. The summed E-state index contributed by atoms with van der Waals surface area (Å²) < 4.78 is 0. The Hall–Kier alpha value is -2.04. The van der Waals surface area contributed by atoms with Crippen molar-refractivity contribution in [2.75, 3.05) is 18.5 Å². The number of carbonyl (C=O) groups excluding carboxylic acids is 2. The van der Waals surface area contributed by atoms with Gasteiger partial charge in [-0.15, -0.1) is 0 Å². The second-order valence-electron chi connectivity index (χ2n) is 7.94. The first kappa shape index (κ1) is 17.3. The number of amides is 3. The zero-order valence-corrected chi connectivity index (χ0v) is 14.9. The minimum atomic E-state index is -0.519. The first-order chi connectivity index (χ1) is 10.5. The van der Waals surface area contributed by atoms with Crippen LogP contribution in [-0.4, -0.2) is 25.5 Å². The lowest BCUT2D eigenvalue weighted by Gasteiger charge is -2.19. The first-order valence-electron chi connectivity index (χ1n) is 7.95. The molecule has 126 valence electrons. The lowest BCUT2D eigenvalue weighted by Crippen LogP contribution is -2.39. The van der Waals surface area contributed by atoms with Gasteiger partial charge in [-0.1, -0.05) is 32.9 Å². The van der Waals surface area contributed by atoms with Gasteiger partial charge in [0.2, 0.25) is 5.91 Å². The van der Waals surface area contributed by atoms with Crippen molar-refractivity contribution in [3.8, 4) is 0 Å². The highest BCUT2D eigenvalue weighted by Gasteiger charge is 2.42. The van der Waals surface area contributed by atoms with Crippen LogP contribution in [0.1, 0.15) is 45.7 Å². The molecule has 0 bridgehead atoms. The monoisotopic (exact) mass is 317 g/mol. The molecule has 2 N–H and O–H groups in total.